The fourth-order valence-corrected chi connectivity index (χ4v) is 2.84. The van der Waals surface area contributed by atoms with Crippen LogP contribution in [0.2, 0.25) is 0 Å². The Labute approximate surface area is 114 Å². The standard InChI is InChI=1S/C12H13N5OS/c18-10(8-3-6-13-7-4-8)15-12-17-16-11(19-12)9-2-1-5-14-9/h3-4,6-7,9,14H,1-2,5H2,(H,15,17,18). The molecule has 1 aliphatic rings. The molecule has 0 saturated carbocycles. The van der Waals surface area contributed by atoms with Crippen LogP contribution in [0.1, 0.15) is 34.2 Å². The van der Waals surface area contributed by atoms with E-state index in [9.17, 15) is 4.79 Å². The summed E-state index contributed by atoms with van der Waals surface area (Å²) in [5.74, 6) is -0.190. The molecule has 0 aliphatic carbocycles. The Balaban J connectivity index is 1.68. The van der Waals surface area contributed by atoms with Crippen molar-refractivity contribution >= 4 is 22.4 Å². The van der Waals surface area contributed by atoms with Gasteiger partial charge in [-0.05, 0) is 31.5 Å². The van der Waals surface area contributed by atoms with Gasteiger partial charge in [-0.1, -0.05) is 11.3 Å². The SMILES string of the molecule is O=C(Nc1nnc(C2CCCN2)s1)c1ccncc1. The summed E-state index contributed by atoms with van der Waals surface area (Å²) < 4.78 is 0. The lowest BCUT2D eigenvalue weighted by Gasteiger charge is -2.03. The maximum atomic E-state index is 11.9. The lowest BCUT2D eigenvalue weighted by Crippen LogP contribution is -2.12. The zero-order chi connectivity index (χ0) is 13.1. The van der Waals surface area contributed by atoms with E-state index in [-0.39, 0.29) is 11.9 Å². The Hall–Kier alpha value is -1.86. The van der Waals surface area contributed by atoms with Crippen LogP contribution in [-0.2, 0) is 0 Å². The van der Waals surface area contributed by atoms with Crippen molar-refractivity contribution in [2.75, 3.05) is 11.9 Å². The van der Waals surface area contributed by atoms with Crippen LogP contribution in [0.5, 0.6) is 0 Å². The van der Waals surface area contributed by atoms with Crippen molar-refractivity contribution in [2.45, 2.75) is 18.9 Å². The number of aromatic nitrogens is 3. The smallest absolute Gasteiger partial charge is 0.257 e. The summed E-state index contributed by atoms with van der Waals surface area (Å²) in [7, 11) is 0. The van der Waals surface area contributed by atoms with E-state index < -0.39 is 0 Å². The molecule has 0 aromatic carbocycles. The zero-order valence-electron chi connectivity index (χ0n) is 10.2. The number of hydrogen-bond acceptors (Lipinski definition) is 6. The van der Waals surface area contributed by atoms with Crippen molar-refractivity contribution < 1.29 is 4.79 Å². The minimum Gasteiger partial charge on any atom is -0.308 e. The molecule has 0 radical (unpaired) electrons. The zero-order valence-corrected chi connectivity index (χ0v) is 11.0. The molecule has 1 unspecified atom stereocenters. The van der Waals surface area contributed by atoms with Crippen molar-refractivity contribution in [2.24, 2.45) is 0 Å². The highest BCUT2D eigenvalue weighted by Crippen LogP contribution is 2.27. The summed E-state index contributed by atoms with van der Waals surface area (Å²) in [6.45, 7) is 1.02. The van der Waals surface area contributed by atoms with E-state index in [0.29, 0.717) is 10.7 Å². The highest BCUT2D eigenvalue weighted by molar-refractivity contribution is 7.15. The third-order valence-corrected chi connectivity index (χ3v) is 3.91. The van der Waals surface area contributed by atoms with Crippen LogP contribution in [0.3, 0.4) is 0 Å². The minimum absolute atomic E-state index is 0.190. The van der Waals surface area contributed by atoms with Gasteiger partial charge in [0.25, 0.3) is 5.91 Å². The molecule has 2 aromatic heterocycles. The molecule has 1 aliphatic heterocycles. The largest absolute Gasteiger partial charge is 0.308 e. The summed E-state index contributed by atoms with van der Waals surface area (Å²) in [5, 5.41) is 15.7. The molecule has 2 aromatic rings. The van der Waals surface area contributed by atoms with E-state index in [1.807, 2.05) is 0 Å². The molecule has 3 rings (SSSR count). The monoisotopic (exact) mass is 275 g/mol. The fourth-order valence-electron chi connectivity index (χ4n) is 1.99. The van der Waals surface area contributed by atoms with Gasteiger partial charge in [0.15, 0.2) is 0 Å². The number of carbonyl (C=O) groups is 1. The molecule has 98 valence electrons. The van der Waals surface area contributed by atoms with E-state index in [0.717, 1.165) is 24.4 Å². The molecule has 1 fully saturated rings. The molecular weight excluding hydrogens is 262 g/mol. The molecule has 2 N–H and O–H groups in total. The van der Waals surface area contributed by atoms with Crippen molar-refractivity contribution in [1.29, 1.82) is 0 Å². The van der Waals surface area contributed by atoms with Gasteiger partial charge in [0, 0.05) is 18.0 Å². The van der Waals surface area contributed by atoms with Crippen molar-refractivity contribution in [1.82, 2.24) is 20.5 Å². The predicted octanol–water partition coefficient (Wildman–Crippen LogP) is 1.61. The Morgan fingerprint density at radius 3 is 2.95 bits per heavy atom. The van der Waals surface area contributed by atoms with Gasteiger partial charge in [0.05, 0.1) is 6.04 Å². The van der Waals surface area contributed by atoms with Crippen LogP contribution in [0.15, 0.2) is 24.5 Å². The summed E-state index contributed by atoms with van der Waals surface area (Å²) in [6.07, 6.45) is 5.40. The van der Waals surface area contributed by atoms with Crippen molar-refractivity contribution in [3.8, 4) is 0 Å². The van der Waals surface area contributed by atoms with E-state index in [2.05, 4.69) is 25.8 Å². The average Bonchev–Trinajstić information content (AvgIpc) is 3.10. The number of anilines is 1. The average molecular weight is 275 g/mol. The minimum atomic E-state index is -0.190. The summed E-state index contributed by atoms with van der Waals surface area (Å²) in [6, 6.07) is 3.61. The van der Waals surface area contributed by atoms with Gasteiger partial charge in [-0.2, -0.15) is 0 Å². The molecule has 19 heavy (non-hydrogen) atoms. The van der Waals surface area contributed by atoms with Gasteiger partial charge < -0.3 is 5.32 Å². The molecular formula is C12H13N5OS. The van der Waals surface area contributed by atoms with Gasteiger partial charge in [0.2, 0.25) is 5.13 Å². The number of pyridine rings is 1. The van der Waals surface area contributed by atoms with Gasteiger partial charge in [0.1, 0.15) is 5.01 Å². The number of amides is 1. The summed E-state index contributed by atoms with van der Waals surface area (Å²) in [4.78, 5) is 15.8. The number of nitrogens with one attached hydrogen (secondary N) is 2. The second kappa shape index (κ2) is 5.41. The van der Waals surface area contributed by atoms with Crippen LogP contribution in [0, 0.1) is 0 Å². The predicted molar refractivity (Wildman–Crippen MR) is 72.1 cm³/mol. The van der Waals surface area contributed by atoms with E-state index in [4.69, 9.17) is 0 Å². The van der Waals surface area contributed by atoms with Gasteiger partial charge >= 0.3 is 0 Å². The lowest BCUT2D eigenvalue weighted by atomic mass is 10.2. The number of carbonyl (C=O) groups excluding carboxylic acids is 1. The Bertz CT molecular complexity index is 565. The summed E-state index contributed by atoms with van der Waals surface area (Å²) in [5.41, 5.74) is 0.561. The molecule has 1 saturated heterocycles. The lowest BCUT2D eigenvalue weighted by molar-refractivity contribution is 0.102. The van der Waals surface area contributed by atoms with Crippen LogP contribution in [-0.4, -0.2) is 27.6 Å². The van der Waals surface area contributed by atoms with Crippen LogP contribution >= 0.6 is 11.3 Å². The second-order valence-corrected chi connectivity index (χ2v) is 5.29. The molecule has 7 heteroatoms. The van der Waals surface area contributed by atoms with E-state index >= 15 is 0 Å². The fraction of sp³-hybridized carbons (Fsp3) is 0.333. The molecule has 1 amide bonds. The maximum absolute atomic E-state index is 11.9. The molecule has 0 bridgehead atoms. The highest BCUT2D eigenvalue weighted by atomic mass is 32.1. The number of nitrogens with zero attached hydrogens (tertiary/aromatic N) is 3. The van der Waals surface area contributed by atoms with Gasteiger partial charge in [-0.15, -0.1) is 10.2 Å². The highest BCUT2D eigenvalue weighted by Gasteiger charge is 2.20. The second-order valence-electron chi connectivity index (χ2n) is 4.28. The first-order chi connectivity index (χ1) is 9.33. The molecule has 0 spiro atoms. The first-order valence-corrected chi connectivity index (χ1v) is 6.93. The summed E-state index contributed by atoms with van der Waals surface area (Å²) >= 11 is 1.42. The Kier molecular flexibility index (Phi) is 3.47. The van der Waals surface area contributed by atoms with Gasteiger partial charge in [-0.3, -0.25) is 15.1 Å². The normalized spacial score (nSPS) is 18.4. The third kappa shape index (κ3) is 2.77. The van der Waals surface area contributed by atoms with E-state index in [1.165, 1.54) is 11.3 Å². The first kappa shape index (κ1) is 12.2. The Morgan fingerprint density at radius 1 is 1.37 bits per heavy atom. The first-order valence-electron chi connectivity index (χ1n) is 6.11. The van der Waals surface area contributed by atoms with Crippen LogP contribution in [0.4, 0.5) is 5.13 Å². The van der Waals surface area contributed by atoms with Crippen molar-refractivity contribution in [3.63, 3.8) is 0 Å². The molecule has 3 heterocycles. The van der Waals surface area contributed by atoms with Crippen molar-refractivity contribution in [3.05, 3.63) is 35.1 Å². The third-order valence-electron chi connectivity index (χ3n) is 2.96. The quantitative estimate of drug-likeness (QED) is 0.889. The van der Waals surface area contributed by atoms with E-state index in [1.54, 1.807) is 24.5 Å². The van der Waals surface area contributed by atoms with Crippen LogP contribution in [0.25, 0.3) is 0 Å². The molecule has 1 atom stereocenters. The topological polar surface area (TPSA) is 79.8 Å². The number of rotatable bonds is 3. The van der Waals surface area contributed by atoms with Gasteiger partial charge in [-0.25, -0.2) is 0 Å². The molecule has 6 nitrogen and oxygen atoms in total. The number of hydrogen-bond donors (Lipinski definition) is 2. The van der Waals surface area contributed by atoms with Crippen LogP contribution < -0.4 is 10.6 Å². The Morgan fingerprint density at radius 2 is 2.21 bits per heavy atom. The maximum Gasteiger partial charge on any atom is 0.257 e.